The maximum absolute atomic E-state index is 13.5. The molecule has 0 heterocycles. The molecule has 116 valence electrons. The zero-order valence-electron chi connectivity index (χ0n) is 13.0. The lowest BCUT2D eigenvalue weighted by molar-refractivity contribution is 0.0950. The second kappa shape index (κ2) is 7.07. The van der Waals surface area contributed by atoms with Crippen LogP contribution >= 0.6 is 0 Å². The second-order valence-corrected chi connectivity index (χ2v) is 5.46. The summed E-state index contributed by atoms with van der Waals surface area (Å²) in [5.74, 6) is 0.134. The average Bonchev–Trinajstić information content (AvgIpc) is 2.48. The van der Waals surface area contributed by atoms with Crippen molar-refractivity contribution in [2.45, 2.75) is 33.4 Å². The number of carbonyl (C=O) groups excluding carboxylic acids is 1. The number of benzene rings is 2. The lowest BCUT2D eigenvalue weighted by Gasteiger charge is -2.10. The Hall–Kier alpha value is -2.36. The predicted molar refractivity (Wildman–Crippen MR) is 84.5 cm³/mol. The molecule has 0 spiro atoms. The van der Waals surface area contributed by atoms with E-state index in [2.05, 4.69) is 5.32 Å². The maximum Gasteiger partial charge on any atom is 0.251 e. The minimum atomic E-state index is -0.372. The van der Waals surface area contributed by atoms with Gasteiger partial charge in [-0.3, -0.25) is 4.79 Å². The van der Waals surface area contributed by atoms with Crippen LogP contribution in [0.2, 0.25) is 0 Å². The SMILES string of the molecule is Cc1ccc(C(=O)NCc2ccc(OC(C)C)cc2)cc1F. The number of aryl methyl sites for hydroxylation is 1. The number of rotatable bonds is 5. The quantitative estimate of drug-likeness (QED) is 0.911. The minimum Gasteiger partial charge on any atom is -0.491 e. The number of halogens is 1. The van der Waals surface area contributed by atoms with Crippen LogP contribution < -0.4 is 10.1 Å². The first kappa shape index (κ1) is 16.0. The van der Waals surface area contributed by atoms with E-state index in [1.807, 2.05) is 38.1 Å². The summed E-state index contributed by atoms with van der Waals surface area (Å²) in [6.07, 6.45) is 0.127. The summed E-state index contributed by atoms with van der Waals surface area (Å²) in [5, 5.41) is 2.78. The molecule has 0 bridgehead atoms. The van der Waals surface area contributed by atoms with E-state index < -0.39 is 0 Å². The van der Waals surface area contributed by atoms with Crippen molar-refractivity contribution in [3.05, 3.63) is 65.0 Å². The molecular formula is C18H20FNO2. The highest BCUT2D eigenvalue weighted by atomic mass is 19.1. The Morgan fingerprint density at radius 3 is 2.45 bits per heavy atom. The maximum atomic E-state index is 13.5. The normalized spacial score (nSPS) is 10.6. The molecule has 2 rings (SSSR count). The van der Waals surface area contributed by atoms with Crippen molar-refractivity contribution in [3.63, 3.8) is 0 Å². The molecule has 0 saturated carbocycles. The van der Waals surface area contributed by atoms with Crippen molar-refractivity contribution in [3.8, 4) is 5.75 Å². The van der Waals surface area contributed by atoms with Crippen LogP contribution in [0.1, 0.15) is 35.3 Å². The molecule has 0 saturated heterocycles. The van der Waals surface area contributed by atoms with Gasteiger partial charge in [-0.2, -0.15) is 0 Å². The van der Waals surface area contributed by atoms with E-state index in [9.17, 15) is 9.18 Å². The van der Waals surface area contributed by atoms with Gasteiger partial charge >= 0.3 is 0 Å². The monoisotopic (exact) mass is 301 g/mol. The standard InChI is InChI=1S/C18H20FNO2/c1-12(2)22-16-8-5-14(6-9-16)11-20-18(21)15-7-4-13(3)17(19)10-15/h4-10,12H,11H2,1-3H3,(H,20,21). The second-order valence-electron chi connectivity index (χ2n) is 5.46. The minimum absolute atomic E-state index is 0.127. The fourth-order valence-electron chi connectivity index (χ4n) is 1.98. The number of hydrogen-bond acceptors (Lipinski definition) is 2. The van der Waals surface area contributed by atoms with Gasteiger partial charge in [-0.15, -0.1) is 0 Å². The van der Waals surface area contributed by atoms with Crippen LogP contribution in [0.15, 0.2) is 42.5 Å². The first-order valence-electron chi connectivity index (χ1n) is 7.25. The Kier molecular flexibility index (Phi) is 5.15. The Morgan fingerprint density at radius 1 is 1.18 bits per heavy atom. The third kappa shape index (κ3) is 4.32. The van der Waals surface area contributed by atoms with E-state index >= 15 is 0 Å². The topological polar surface area (TPSA) is 38.3 Å². The molecule has 2 aromatic carbocycles. The Morgan fingerprint density at radius 2 is 1.86 bits per heavy atom. The van der Waals surface area contributed by atoms with Gasteiger partial charge < -0.3 is 10.1 Å². The molecular weight excluding hydrogens is 281 g/mol. The van der Waals surface area contributed by atoms with Crippen molar-refractivity contribution < 1.29 is 13.9 Å². The number of amides is 1. The summed E-state index contributed by atoms with van der Waals surface area (Å²) in [7, 11) is 0. The van der Waals surface area contributed by atoms with E-state index in [0.29, 0.717) is 17.7 Å². The molecule has 2 aromatic rings. The number of carbonyl (C=O) groups is 1. The number of nitrogens with one attached hydrogen (secondary N) is 1. The summed E-state index contributed by atoms with van der Waals surface area (Å²) in [6.45, 7) is 5.98. The molecule has 0 aliphatic heterocycles. The Labute approximate surface area is 130 Å². The van der Waals surface area contributed by atoms with E-state index in [-0.39, 0.29) is 17.8 Å². The van der Waals surface area contributed by atoms with Crippen molar-refractivity contribution >= 4 is 5.91 Å². The van der Waals surface area contributed by atoms with Gasteiger partial charge in [0.05, 0.1) is 6.10 Å². The van der Waals surface area contributed by atoms with Gasteiger partial charge in [0, 0.05) is 12.1 Å². The fourth-order valence-corrected chi connectivity index (χ4v) is 1.98. The molecule has 1 N–H and O–H groups in total. The lowest BCUT2D eigenvalue weighted by atomic mass is 10.1. The predicted octanol–water partition coefficient (Wildman–Crippen LogP) is 3.85. The van der Waals surface area contributed by atoms with Crippen LogP contribution in [-0.2, 0) is 6.54 Å². The van der Waals surface area contributed by atoms with E-state index in [1.54, 1.807) is 19.1 Å². The summed E-state index contributed by atoms with van der Waals surface area (Å²) in [4.78, 5) is 12.0. The molecule has 0 atom stereocenters. The largest absolute Gasteiger partial charge is 0.491 e. The first-order chi connectivity index (χ1) is 10.5. The highest BCUT2D eigenvalue weighted by Crippen LogP contribution is 2.14. The zero-order chi connectivity index (χ0) is 16.1. The molecule has 22 heavy (non-hydrogen) atoms. The zero-order valence-corrected chi connectivity index (χ0v) is 13.0. The fraction of sp³-hybridized carbons (Fsp3) is 0.278. The van der Waals surface area contributed by atoms with Crippen LogP contribution in [0.5, 0.6) is 5.75 Å². The third-order valence-corrected chi connectivity index (χ3v) is 3.18. The molecule has 0 unspecified atom stereocenters. The molecule has 0 aliphatic carbocycles. The summed E-state index contributed by atoms with van der Waals surface area (Å²) in [5.41, 5.74) is 1.80. The van der Waals surface area contributed by atoms with E-state index in [0.717, 1.165) is 11.3 Å². The molecule has 0 fully saturated rings. The van der Waals surface area contributed by atoms with Gasteiger partial charge in [0.1, 0.15) is 11.6 Å². The Bertz CT molecular complexity index is 651. The third-order valence-electron chi connectivity index (χ3n) is 3.18. The molecule has 0 radical (unpaired) electrons. The molecule has 0 aromatic heterocycles. The number of ether oxygens (including phenoxy) is 1. The average molecular weight is 301 g/mol. The van der Waals surface area contributed by atoms with Gasteiger partial charge in [-0.05, 0) is 56.2 Å². The highest BCUT2D eigenvalue weighted by Gasteiger charge is 2.08. The molecule has 0 aliphatic rings. The molecule has 4 heteroatoms. The lowest BCUT2D eigenvalue weighted by Crippen LogP contribution is -2.22. The van der Waals surface area contributed by atoms with Crippen molar-refractivity contribution in [1.29, 1.82) is 0 Å². The van der Waals surface area contributed by atoms with Crippen LogP contribution in [-0.4, -0.2) is 12.0 Å². The summed E-state index contributed by atoms with van der Waals surface area (Å²) < 4.78 is 19.0. The van der Waals surface area contributed by atoms with Gasteiger partial charge in [-0.1, -0.05) is 18.2 Å². The van der Waals surface area contributed by atoms with Crippen LogP contribution in [0, 0.1) is 12.7 Å². The van der Waals surface area contributed by atoms with Crippen molar-refractivity contribution in [2.75, 3.05) is 0 Å². The molecule has 1 amide bonds. The summed E-state index contributed by atoms with van der Waals surface area (Å²) >= 11 is 0. The summed E-state index contributed by atoms with van der Waals surface area (Å²) in [6, 6.07) is 12.0. The van der Waals surface area contributed by atoms with Crippen molar-refractivity contribution in [2.24, 2.45) is 0 Å². The van der Waals surface area contributed by atoms with Gasteiger partial charge in [0.15, 0.2) is 0 Å². The van der Waals surface area contributed by atoms with Crippen molar-refractivity contribution in [1.82, 2.24) is 5.32 Å². The smallest absolute Gasteiger partial charge is 0.251 e. The van der Waals surface area contributed by atoms with E-state index in [4.69, 9.17) is 4.74 Å². The van der Waals surface area contributed by atoms with E-state index in [1.165, 1.54) is 6.07 Å². The van der Waals surface area contributed by atoms with Gasteiger partial charge in [0.2, 0.25) is 0 Å². The van der Waals surface area contributed by atoms with Crippen LogP contribution in [0.3, 0.4) is 0 Å². The van der Waals surface area contributed by atoms with Crippen LogP contribution in [0.4, 0.5) is 4.39 Å². The first-order valence-corrected chi connectivity index (χ1v) is 7.25. The number of hydrogen-bond donors (Lipinski definition) is 1. The van der Waals surface area contributed by atoms with Gasteiger partial charge in [-0.25, -0.2) is 4.39 Å². The highest BCUT2D eigenvalue weighted by molar-refractivity contribution is 5.94. The Balaban J connectivity index is 1.94. The van der Waals surface area contributed by atoms with Crippen LogP contribution in [0.25, 0.3) is 0 Å². The molecule has 3 nitrogen and oxygen atoms in total. The van der Waals surface area contributed by atoms with Gasteiger partial charge in [0.25, 0.3) is 5.91 Å².